The number of carbonyl (C=O) groups excluding carboxylic acids is 1. The molecule has 2 heteroatoms. The van der Waals surface area contributed by atoms with Crippen molar-refractivity contribution in [1.82, 2.24) is 0 Å². The molecule has 0 saturated carbocycles. The van der Waals surface area contributed by atoms with Gasteiger partial charge in [0.2, 0.25) is 0 Å². The monoisotopic (exact) mass is 126 g/mol. The van der Waals surface area contributed by atoms with Gasteiger partial charge >= 0.3 is 5.97 Å². The number of rotatable bonds is 2. The van der Waals surface area contributed by atoms with Crippen LogP contribution in [0.15, 0.2) is 0 Å². The summed E-state index contributed by atoms with van der Waals surface area (Å²) < 4.78 is 4.39. The SMILES string of the molecule is CC#CCCC(=O)OC. The molecule has 0 fully saturated rings. The van der Waals surface area contributed by atoms with Crippen LogP contribution in [0.25, 0.3) is 0 Å². The standard InChI is InChI=1S/C7H10O2/c1-3-4-5-6-7(8)9-2/h5-6H2,1-2H3. The van der Waals surface area contributed by atoms with E-state index in [4.69, 9.17) is 0 Å². The van der Waals surface area contributed by atoms with Crippen LogP contribution in [0.5, 0.6) is 0 Å². The van der Waals surface area contributed by atoms with Gasteiger partial charge in [0.05, 0.1) is 13.5 Å². The normalized spacial score (nSPS) is 7.33. The van der Waals surface area contributed by atoms with Crippen molar-refractivity contribution in [3.8, 4) is 11.8 Å². The fraction of sp³-hybridized carbons (Fsp3) is 0.571. The zero-order valence-electron chi connectivity index (χ0n) is 5.73. The van der Waals surface area contributed by atoms with Crippen molar-refractivity contribution < 1.29 is 9.53 Å². The summed E-state index contributed by atoms with van der Waals surface area (Å²) in [7, 11) is 1.38. The van der Waals surface area contributed by atoms with Crippen LogP contribution in [0.4, 0.5) is 0 Å². The average molecular weight is 126 g/mol. The molecule has 0 spiro atoms. The van der Waals surface area contributed by atoms with Gasteiger partial charge in [-0.1, -0.05) is 0 Å². The van der Waals surface area contributed by atoms with Gasteiger partial charge in [-0.15, -0.1) is 11.8 Å². The highest BCUT2D eigenvalue weighted by molar-refractivity contribution is 5.69. The first kappa shape index (κ1) is 8.03. The quantitative estimate of drug-likeness (QED) is 0.407. The Morgan fingerprint density at radius 2 is 2.33 bits per heavy atom. The van der Waals surface area contributed by atoms with E-state index in [0.717, 1.165) is 0 Å². The smallest absolute Gasteiger partial charge is 0.306 e. The minimum Gasteiger partial charge on any atom is -0.469 e. The molecule has 0 amide bonds. The highest BCUT2D eigenvalue weighted by Gasteiger charge is 1.94. The topological polar surface area (TPSA) is 26.3 Å². The Labute approximate surface area is 55.2 Å². The van der Waals surface area contributed by atoms with Crippen LogP contribution in [-0.4, -0.2) is 13.1 Å². The predicted molar refractivity (Wildman–Crippen MR) is 34.7 cm³/mol. The molecule has 0 aromatic rings. The largest absolute Gasteiger partial charge is 0.469 e. The van der Waals surface area contributed by atoms with Gasteiger partial charge in [0, 0.05) is 6.42 Å². The molecular weight excluding hydrogens is 116 g/mol. The summed E-state index contributed by atoms with van der Waals surface area (Å²) in [4.78, 5) is 10.4. The molecule has 0 rings (SSSR count). The van der Waals surface area contributed by atoms with Crippen molar-refractivity contribution in [2.75, 3.05) is 7.11 Å². The zero-order chi connectivity index (χ0) is 7.11. The first-order valence-electron chi connectivity index (χ1n) is 2.77. The number of ether oxygens (including phenoxy) is 1. The molecule has 0 atom stereocenters. The van der Waals surface area contributed by atoms with Gasteiger partial charge in [-0.3, -0.25) is 4.79 Å². The van der Waals surface area contributed by atoms with E-state index in [9.17, 15) is 4.79 Å². The molecule has 2 nitrogen and oxygen atoms in total. The van der Waals surface area contributed by atoms with Gasteiger partial charge in [-0.25, -0.2) is 0 Å². The fourth-order valence-corrected chi connectivity index (χ4v) is 0.392. The summed E-state index contributed by atoms with van der Waals surface area (Å²) in [6.07, 6.45) is 1.00. The second-order valence-electron chi connectivity index (χ2n) is 1.50. The lowest BCUT2D eigenvalue weighted by molar-refractivity contribution is -0.140. The van der Waals surface area contributed by atoms with E-state index >= 15 is 0 Å². The number of hydrogen-bond donors (Lipinski definition) is 0. The number of hydrogen-bond acceptors (Lipinski definition) is 2. The molecule has 0 bridgehead atoms. The number of carbonyl (C=O) groups is 1. The van der Waals surface area contributed by atoms with Gasteiger partial charge in [0.25, 0.3) is 0 Å². The van der Waals surface area contributed by atoms with Crippen molar-refractivity contribution in [2.24, 2.45) is 0 Å². The molecule has 0 heterocycles. The molecule has 0 aromatic carbocycles. The third-order valence-electron chi connectivity index (χ3n) is 0.859. The van der Waals surface area contributed by atoms with Crippen LogP contribution >= 0.6 is 0 Å². The molecule has 50 valence electrons. The van der Waals surface area contributed by atoms with Gasteiger partial charge < -0.3 is 4.74 Å². The van der Waals surface area contributed by atoms with Crippen LogP contribution in [0.3, 0.4) is 0 Å². The van der Waals surface area contributed by atoms with Gasteiger partial charge in [-0.2, -0.15) is 0 Å². The highest BCUT2D eigenvalue weighted by Crippen LogP contribution is 1.87. The molecule has 0 unspecified atom stereocenters. The highest BCUT2D eigenvalue weighted by atomic mass is 16.5. The molecular formula is C7H10O2. The second kappa shape index (κ2) is 5.17. The molecule has 0 radical (unpaired) electrons. The molecule has 0 aliphatic rings. The number of methoxy groups -OCH3 is 1. The van der Waals surface area contributed by atoms with E-state index in [1.807, 2.05) is 0 Å². The molecule has 0 aliphatic heterocycles. The van der Waals surface area contributed by atoms with E-state index in [0.29, 0.717) is 12.8 Å². The Bertz CT molecular complexity index is 139. The van der Waals surface area contributed by atoms with Crippen molar-refractivity contribution in [3.63, 3.8) is 0 Å². The summed E-state index contributed by atoms with van der Waals surface area (Å²) in [6.45, 7) is 1.75. The molecule has 0 aliphatic carbocycles. The summed E-state index contributed by atoms with van der Waals surface area (Å²) in [6, 6.07) is 0. The van der Waals surface area contributed by atoms with Crippen LogP contribution < -0.4 is 0 Å². The lowest BCUT2D eigenvalue weighted by atomic mass is 10.3. The van der Waals surface area contributed by atoms with E-state index in [1.54, 1.807) is 6.92 Å². The van der Waals surface area contributed by atoms with E-state index < -0.39 is 0 Å². The predicted octanol–water partition coefficient (Wildman–Crippen LogP) is 0.963. The van der Waals surface area contributed by atoms with Crippen molar-refractivity contribution >= 4 is 5.97 Å². The fourth-order valence-electron chi connectivity index (χ4n) is 0.392. The molecule has 0 saturated heterocycles. The van der Waals surface area contributed by atoms with Gasteiger partial charge in [0.15, 0.2) is 0 Å². The first-order valence-corrected chi connectivity index (χ1v) is 2.77. The Balaban J connectivity index is 3.24. The minimum atomic E-state index is -0.197. The third-order valence-corrected chi connectivity index (χ3v) is 0.859. The van der Waals surface area contributed by atoms with E-state index in [2.05, 4.69) is 16.6 Å². The maximum Gasteiger partial charge on any atom is 0.306 e. The summed E-state index contributed by atoms with van der Waals surface area (Å²) in [5.41, 5.74) is 0. The van der Waals surface area contributed by atoms with Crippen LogP contribution in [0.2, 0.25) is 0 Å². The van der Waals surface area contributed by atoms with E-state index in [1.165, 1.54) is 7.11 Å². The van der Waals surface area contributed by atoms with Crippen LogP contribution in [-0.2, 0) is 9.53 Å². The summed E-state index contributed by atoms with van der Waals surface area (Å²) >= 11 is 0. The van der Waals surface area contributed by atoms with Crippen LogP contribution in [0.1, 0.15) is 19.8 Å². The van der Waals surface area contributed by atoms with Crippen molar-refractivity contribution in [2.45, 2.75) is 19.8 Å². The molecule has 0 N–H and O–H groups in total. The van der Waals surface area contributed by atoms with Crippen molar-refractivity contribution in [3.05, 3.63) is 0 Å². The first-order chi connectivity index (χ1) is 4.31. The summed E-state index contributed by atoms with van der Waals surface area (Å²) in [5.74, 6) is 5.26. The Kier molecular flexibility index (Phi) is 4.61. The lowest BCUT2D eigenvalue weighted by Gasteiger charge is -1.91. The molecule has 0 aromatic heterocycles. The maximum absolute atomic E-state index is 10.4. The average Bonchev–Trinajstić information content (AvgIpc) is 1.89. The zero-order valence-corrected chi connectivity index (χ0v) is 5.73. The Morgan fingerprint density at radius 1 is 1.67 bits per heavy atom. The van der Waals surface area contributed by atoms with Crippen LogP contribution in [0, 0.1) is 11.8 Å². The molecule has 9 heavy (non-hydrogen) atoms. The minimum absolute atomic E-state index is 0.197. The maximum atomic E-state index is 10.4. The lowest BCUT2D eigenvalue weighted by Crippen LogP contribution is -1.97. The number of esters is 1. The third kappa shape index (κ3) is 4.89. The Morgan fingerprint density at radius 3 is 2.78 bits per heavy atom. The van der Waals surface area contributed by atoms with E-state index in [-0.39, 0.29) is 5.97 Å². The summed E-state index contributed by atoms with van der Waals surface area (Å²) in [5, 5.41) is 0. The van der Waals surface area contributed by atoms with Gasteiger partial charge in [-0.05, 0) is 6.92 Å². The van der Waals surface area contributed by atoms with Crippen molar-refractivity contribution in [1.29, 1.82) is 0 Å². The van der Waals surface area contributed by atoms with Gasteiger partial charge in [0.1, 0.15) is 0 Å². The second-order valence-corrected chi connectivity index (χ2v) is 1.50. The Hall–Kier alpha value is -0.970.